The summed E-state index contributed by atoms with van der Waals surface area (Å²) in [5.74, 6) is 0.591. The van der Waals surface area contributed by atoms with Crippen molar-refractivity contribution < 1.29 is 4.79 Å². The van der Waals surface area contributed by atoms with Crippen LogP contribution in [0.2, 0.25) is 0 Å². The molecule has 1 rings (SSSR count). The maximum atomic E-state index is 11.1. The lowest BCUT2D eigenvalue weighted by molar-refractivity contribution is -0.115. The molecule has 0 bridgehead atoms. The van der Waals surface area contributed by atoms with Crippen LogP contribution in [0, 0.1) is 0 Å². The summed E-state index contributed by atoms with van der Waals surface area (Å²) in [6, 6.07) is 8.00. The summed E-state index contributed by atoms with van der Waals surface area (Å²) in [4.78, 5) is 11.1. The van der Waals surface area contributed by atoms with E-state index < -0.39 is 0 Å². The van der Waals surface area contributed by atoms with E-state index in [1.54, 1.807) is 0 Å². The van der Waals surface area contributed by atoms with Gasteiger partial charge >= 0.3 is 0 Å². The molecule has 0 spiro atoms. The fraction of sp³-hybridized carbons (Fsp3) is 0.500. The van der Waals surface area contributed by atoms with Crippen molar-refractivity contribution in [3.8, 4) is 0 Å². The number of hydrogen-bond donors (Lipinski definition) is 1. The zero-order valence-corrected chi connectivity index (χ0v) is 11.0. The van der Waals surface area contributed by atoms with E-state index in [2.05, 4.69) is 31.3 Å². The molecule has 0 radical (unpaired) electrons. The summed E-state index contributed by atoms with van der Waals surface area (Å²) < 4.78 is 0. The Balaban J connectivity index is 0.00000106. The van der Waals surface area contributed by atoms with Gasteiger partial charge in [-0.25, -0.2) is 0 Å². The Labute approximate surface area is 99.1 Å². The van der Waals surface area contributed by atoms with Crippen LogP contribution < -0.4 is 5.32 Å². The van der Waals surface area contributed by atoms with Gasteiger partial charge in [0.2, 0.25) is 5.91 Å². The van der Waals surface area contributed by atoms with E-state index >= 15 is 0 Å². The van der Waals surface area contributed by atoms with Gasteiger partial charge in [-0.15, -0.1) is 0 Å². The summed E-state index contributed by atoms with van der Waals surface area (Å²) >= 11 is 0. The molecular weight excluding hydrogens is 198 g/mol. The van der Waals surface area contributed by atoms with Crippen LogP contribution >= 0.6 is 0 Å². The molecule has 0 saturated carbocycles. The van der Waals surface area contributed by atoms with Crippen molar-refractivity contribution in [1.29, 1.82) is 0 Å². The standard InChI is InChI=1S/C12H17NO.C2H6/c1-4-12(14)13-11-7-5-10(6-8-11)9(2)3;1-2/h5-9H,4H2,1-3H3,(H,13,14);1-2H3. The Morgan fingerprint density at radius 2 is 1.69 bits per heavy atom. The average Bonchev–Trinajstić information content (AvgIpc) is 2.32. The predicted octanol–water partition coefficient (Wildman–Crippen LogP) is 4.18. The van der Waals surface area contributed by atoms with Crippen molar-refractivity contribution in [2.75, 3.05) is 5.32 Å². The average molecular weight is 221 g/mol. The molecule has 1 amide bonds. The molecule has 90 valence electrons. The molecule has 1 aromatic rings. The van der Waals surface area contributed by atoms with Crippen LogP contribution in [0.1, 0.15) is 52.5 Å². The number of benzene rings is 1. The molecule has 0 fully saturated rings. The van der Waals surface area contributed by atoms with E-state index in [4.69, 9.17) is 0 Å². The molecule has 0 unspecified atom stereocenters. The molecule has 0 aliphatic heterocycles. The smallest absolute Gasteiger partial charge is 0.224 e. The van der Waals surface area contributed by atoms with Gasteiger partial charge in [-0.05, 0) is 23.6 Å². The van der Waals surface area contributed by atoms with Crippen LogP contribution in [0.3, 0.4) is 0 Å². The second-order valence-electron chi connectivity index (χ2n) is 3.68. The third kappa shape index (κ3) is 4.96. The Bertz CT molecular complexity index is 301. The molecule has 1 aromatic carbocycles. The predicted molar refractivity (Wildman–Crippen MR) is 70.8 cm³/mol. The van der Waals surface area contributed by atoms with Gasteiger partial charge in [0.15, 0.2) is 0 Å². The molecule has 0 aromatic heterocycles. The Morgan fingerprint density at radius 3 is 2.06 bits per heavy atom. The number of carbonyl (C=O) groups excluding carboxylic acids is 1. The fourth-order valence-corrected chi connectivity index (χ4v) is 1.20. The van der Waals surface area contributed by atoms with Gasteiger partial charge in [0, 0.05) is 12.1 Å². The lowest BCUT2D eigenvalue weighted by Crippen LogP contribution is -2.09. The minimum Gasteiger partial charge on any atom is -0.326 e. The van der Waals surface area contributed by atoms with Crippen molar-refractivity contribution in [2.45, 2.75) is 47.0 Å². The largest absolute Gasteiger partial charge is 0.326 e. The Hall–Kier alpha value is -1.31. The first-order valence-electron chi connectivity index (χ1n) is 6.03. The fourth-order valence-electron chi connectivity index (χ4n) is 1.20. The normalized spacial score (nSPS) is 9.38. The first-order chi connectivity index (χ1) is 7.63. The molecule has 16 heavy (non-hydrogen) atoms. The molecule has 0 heterocycles. The van der Waals surface area contributed by atoms with Crippen LogP contribution in [-0.4, -0.2) is 5.91 Å². The Kier molecular flexibility index (Phi) is 7.27. The minimum atomic E-state index is 0.0577. The van der Waals surface area contributed by atoms with E-state index in [1.807, 2.05) is 32.9 Å². The van der Waals surface area contributed by atoms with E-state index in [9.17, 15) is 4.79 Å². The molecule has 0 saturated heterocycles. The molecular formula is C14H23NO. The number of carbonyl (C=O) groups is 1. The summed E-state index contributed by atoms with van der Waals surface area (Å²) in [6.45, 7) is 10.1. The van der Waals surface area contributed by atoms with Crippen molar-refractivity contribution in [2.24, 2.45) is 0 Å². The van der Waals surface area contributed by atoms with Crippen LogP contribution in [0.4, 0.5) is 5.69 Å². The van der Waals surface area contributed by atoms with Gasteiger partial charge in [-0.1, -0.05) is 46.8 Å². The maximum absolute atomic E-state index is 11.1. The number of amides is 1. The highest BCUT2D eigenvalue weighted by Crippen LogP contribution is 2.17. The van der Waals surface area contributed by atoms with Crippen LogP contribution in [0.15, 0.2) is 24.3 Å². The topological polar surface area (TPSA) is 29.1 Å². The third-order valence-corrected chi connectivity index (χ3v) is 2.18. The minimum absolute atomic E-state index is 0.0577. The first-order valence-corrected chi connectivity index (χ1v) is 6.03. The van der Waals surface area contributed by atoms with Crippen molar-refractivity contribution in [1.82, 2.24) is 0 Å². The van der Waals surface area contributed by atoms with Gasteiger partial charge in [0.05, 0.1) is 0 Å². The van der Waals surface area contributed by atoms with Crippen LogP contribution in [0.5, 0.6) is 0 Å². The molecule has 0 aliphatic carbocycles. The second kappa shape index (κ2) is 7.91. The van der Waals surface area contributed by atoms with Crippen molar-refractivity contribution >= 4 is 11.6 Å². The third-order valence-electron chi connectivity index (χ3n) is 2.18. The Morgan fingerprint density at radius 1 is 1.19 bits per heavy atom. The zero-order chi connectivity index (χ0) is 12.6. The highest BCUT2D eigenvalue weighted by molar-refractivity contribution is 5.90. The lowest BCUT2D eigenvalue weighted by Gasteiger charge is -2.07. The maximum Gasteiger partial charge on any atom is 0.224 e. The SMILES string of the molecule is CC.CCC(=O)Nc1ccc(C(C)C)cc1. The van der Waals surface area contributed by atoms with Crippen molar-refractivity contribution in [3.05, 3.63) is 29.8 Å². The highest BCUT2D eigenvalue weighted by Gasteiger charge is 2.00. The van der Waals surface area contributed by atoms with E-state index in [-0.39, 0.29) is 5.91 Å². The van der Waals surface area contributed by atoms with Crippen LogP contribution in [-0.2, 0) is 4.79 Å². The van der Waals surface area contributed by atoms with Gasteiger partial charge in [0.1, 0.15) is 0 Å². The second-order valence-corrected chi connectivity index (χ2v) is 3.68. The van der Waals surface area contributed by atoms with E-state index in [0.717, 1.165) is 5.69 Å². The van der Waals surface area contributed by atoms with Gasteiger partial charge < -0.3 is 5.32 Å². The number of anilines is 1. The molecule has 0 atom stereocenters. The summed E-state index contributed by atoms with van der Waals surface area (Å²) in [5, 5.41) is 2.82. The number of nitrogens with one attached hydrogen (secondary N) is 1. The molecule has 0 aliphatic rings. The molecule has 1 N–H and O–H groups in total. The van der Waals surface area contributed by atoms with Gasteiger partial charge in [-0.2, -0.15) is 0 Å². The quantitative estimate of drug-likeness (QED) is 0.815. The lowest BCUT2D eigenvalue weighted by atomic mass is 10.0. The van der Waals surface area contributed by atoms with Gasteiger partial charge in [-0.3, -0.25) is 4.79 Å². The number of hydrogen-bond acceptors (Lipinski definition) is 1. The van der Waals surface area contributed by atoms with E-state index in [1.165, 1.54) is 5.56 Å². The number of rotatable bonds is 3. The van der Waals surface area contributed by atoms with Crippen molar-refractivity contribution in [3.63, 3.8) is 0 Å². The van der Waals surface area contributed by atoms with Crippen LogP contribution in [0.25, 0.3) is 0 Å². The summed E-state index contributed by atoms with van der Waals surface area (Å²) in [6.07, 6.45) is 0.520. The van der Waals surface area contributed by atoms with E-state index in [0.29, 0.717) is 12.3 Å². The highest BCUT2D eigenvalue weighted by atomic mass is 16.1. The molecule has 2 nitrogen and oxygen atoms in total. The summed E-state index contributed by atoms with van der Waals surface area (Å²) in [5.41, 5.74) is 2.17. The zero-order valence-electron chi connectivity index (χ0n) is 11.0. The first kappa shape index (κ1) is 14.7. The molecule has 2 heteroatoms. The summed E-state index contributed by atoms with van der Waals surface area (Å²) in [7, 11) is 0. The monoisotopic (exact) mass is 221 g/mol. The van der Waals surface area contributed by atoms with Gasteiger partial charge in [0.25, 0.3) is 0 Å².